The average Bonchev–Trinajstić information content (AvgIpc) is 2.71. The van der Waals surface area contributed by atoms with Crippen LogP contribution in [0.2, 0.25) is 0 Å². The lowest BCUT2D eigenvalue weighted by Crippen LogP contribution is -2.21. The van der Waals surface area contributed by atoms with Crippen molar-refractivity contribution >= 4 is 5.97 Å². The minimum absolute atomic E-state index is 0.266. The van der Waals surface area contributed by atoms with E-state index in [2.05, 4.69) is 24.2 Å². The zero-order chi connectivity index (χ0) is 15.9. The molecule has 0 aliphatic heterocycles. The second-order valence-corrected chi connectivity index (χ2v) is 6.62. The normalized spacial score (nSPS) is 11.7. The predicted octanol–water partition coefficient (Wildman–Crippen LogP) is 3.79. The van der Waals surface area contributed by atoms with E-state index in [0.717, 1.165) is 22.5 Å². The Morgan fingerprint density at radius 1 is 1.14 bits per heavy atom. The topological polar surface area (TPSA) is 55.1 Å². The van der Waals surface area contributed by atoms with Gasteiger partial charge in [-0.3, -0.25) is 0 Å². The van der Waals surface area contributed by atoms with Gasteiger partial charge in [0.2, 0.25) is 0 Å². The Morgan fingerprint density at radius 2 is 1.67 bits per heavy atom. The number of aryl methyl sites for hydroxylation is 3. The van der Waals surface area contributed by atoms with Gasteiger partial charge in [0.15, 0.2) is 0 Å². The van der Waals surface area contributed by atoms with Crippen LogP contribution in [0.15, 0.2) is 18.3 Å². The molecular formula is C17H22N2O2. The SMILES string of the molecule is Cc1cc(C)c(-n2ncc(C(=O)O)c2C(C)(C)C)c(C)c1. The molecule has 1 aromatic carbocycles. The number of carbonyl (C=O) groups is 1. The Labute approximate surface area is 125 Å². The Bertz CT molecular complexity index is 683. The van der Waals surface area contributed by atoms with E-state index in [0.29, 0.717) is 0 Å². The largest absolute Gasteiger partial charge is 0.478 e. The summed E-state index contributed by atoms with van der Waals surface area (Å²) in [6.07, 6.45) is 1.45. The minimum atomic E-state index is -0.936. The van der Waals surface area contributed by atoms with Crippen molar-refractivity contribution in [2.75, 3.05) is 0 Å². The smallest absolute Gasteiger partial charge is 0.339 e. The number of aromatic carboxylic acids is 1. The number of carboxylic acid groups (broad SMARTS) is 1. The molecule has 1 heterocycles. The summed E-state index contributed by atoms with van der Waals surface area (Å²) in [6.45, 7) is 12.1. The van der Waals surface area contributed by atoms with Crippen molar-refractivity contribution in [1.82, 2.24) is 9.78 Å². The molecule has 0 amide bonds. The van der Waals surface area contributed by atoms with Crippen LogP contribution in [0, 0.1) is 20.8 Å². The number of carboxylic acids is 1. The van der Waals surface area contributed by atoms with Gasteiger partial charge in [-0.05, 0) is 31.9 Å². The van der Waals surface area contributed by atoms with Gasteiger partial charge >= 0.3 is 5.97 Å². The summed E-state index contributed by atoms with van der Waals surface area (Å²) in [5.41, 5.74) is 5.03. The van der Waals surface area contributed by atoms with Crippen LogP contribution in [0.3, 0.4) is 0 Å². The number of hydrogen-bond acceptors (Lipinski definition) is 2. The molecule has 0 fully saturated rings. The third kappa shape index (κ3) is 2.71. The number of hydrogen-bond donors (Lipinski definition) is 1. The zero-order valence-electron chi connectivity index (χ0n) is 13.5. The standard InChI is InChI=1S/C17H22N2O2/c1-10-7-11(2)14(12(3)8-10)19-15(17(4,5)6)13(9-18-19)16(20)21/h7-9H,1-6H3,(H,20,21). The third-order valence-electron chi connectivity index (χ3n) is 3.56. The van der Waals surface area contributed by atoms with Crippen LogP contribution < -0.4 is 0 Å². The molecule has 21 heavy (non-hydrogen) atoms. The molecule has 0 saturated carbocycles. The van der Waals surface area contributed by atoms with Gasteiger partial charge in [0.1, 0.15) is 5.56 Å². The lowest BCUT2D eigenvalue weighted by atomic mass is 9.88. The number of aromatic nitrogens is 2. The van der Waals surface area contributed by atoms with Crippen LogP contribution in [0.5, 0.6) is 0 Å². The average molecular weight is 286 g/mol. The van der Waals surface area contributed by atoms with Crippen molar-refractivity contribution in [3.63, 3.8) is 0 Å². The predicted molar refractivity (Wildman–Crippen MR) is 83.4 cm³/mol. The van der Waals surface area contributed by atoms with Crippen LogP contribution >= 0.6 is 0 Å². The Hall–Kier alpha value is -2.10. The van der Waals surface area contributed by atoms with E-state index in [4.69, 9.17) is 0 Å². The molecule has 2 aromatic rings. The molecule has 2 rings (SSSR count). The van der Waals surface area contributed by atoms with Gasteiger partial charge in [-0.25, -0.2) is 9.48 Å². The first kappa shape index (κ1) is 15.3. The summed E-state index contributed by atoms with van der Waals surface area (Å²) in [6, 6.07) is 4.19. The van der Waals surface area contributed by atoms with Gasteiger partial charge in [0.25, 0.3) is 0 Å². The lowest BCUT2D eigenvalue weighted by Gasteiger charge is -2.23. The maximum absolute atomic E-state index is 11.5. The molecule has 0 aliphatic carbocycles. The van der Waals surface area contributed by atoms with Crippen molar-refractivity contribution in [1.29, 1.82) is 0 Å². The van der Waals surface area contributed by atoms with E-state index in [1.54, 1.807) is 4.68 Å². The van der Waals surface area contributed by atoms with Crippen molar-refractivity contribution in [3.05, 3.63) is 46.3 Å². The molecule has 0 bridgehead atoms. The van der Waals surface area contributed by atoms with Crippen molar-refractivity contribution in [3.8, 4) is 5.69 Å². The van der Waals surface area contributed by atoms with E-state index in [9.17, 15) is 9.90 Å². The van der Waals surface area contributed by atoms with Crippen LogP contribution in [0.1, 0.15) is 53.5 Å². The first-order valence-electron chi connectivity index (χ1n) is 7.03. The van der Waals surface area contributed by atoms with E-state index >= 15 is 0 Å². The van der Waals surface area contributed by atoms with Crippen LogP contribution in [-0.4, -0.2) is 20.9 Å². The molecule has 4 heteroatoms. The fourth-order valence-electron chi connectivity index (χ4n) is 2.90. The highest BCUT2D eigenvalue weighted by Crippen LogP contribution is 2.31. The van der Waals surface area contributed by atoms with E-state index in [1.807, 2.05) is 34.6 Å². The molecule has 1 aromatic heterocycles. The second kappa shape index (κ2) is 5.02. The highest BCUT2D eigenvalue weighted by molar-refractivity contribution is 5.89. The lowest BCUT2D eigenvalue weighted by molar-refractivity contribution is 0.0694. The summed E-state index contributed by atoms with van der Waals surface area (Å²) in [4.78, 5) is 11.5. The summed E-state index contributed by atoms with van der Waals surface area (Å²) in [5, 5.41) is 13.8. The van der Waals surface area contributed by atoms with E-state index < -0.39 is 5.97 Å². The molecule has 0 radical (unpaired) electrons. The van der Waals surface area contributed by atoms with Gasteiger partial charge < -0.3 is 5.11 Å². The Morgan fingerprint density at radius 3 is 2.10 bits per heavy atom. The summed E-state index contributed by atoms with van der Waals surface area (Å²) < 4.78 is 1.79. The first-order chi connectivity index (χ1) is 9.62. The van der Waals surface area contributed by atoms with Gasteiger partial charge in [-0.1, -0.05) is 38.5 Å². The fraction of sp³-hybridized carbons (Fsp3) is 0.412. The van der Waals surface area contributed by atoms with E-state index in [-0.39, 0.29) is 11.0 Å². The highest BCUT2D eigenvalue weighted by atomic mass is 16.4. The van der Waals surface area contributed by atoms with Gasteiger partial charge in [-0.2, -0.15) is 5.10 Å². The molecule has 0 unspecified atom stereocenters. The number of benzene rings is 1. The maximum atomic E-state index is 11.5. The van der Waals surface area contributed by atoms with Crippen LogP contribution in [0.25, 0.3) is 5.69 Å². The monoisotopic (exact) mass is 286 g/mol. The first-order valence-corrected chi connectivity index (χ1v) is 7.03. The number of nitrogens with zero attached hydrogens (tertiary/aromatic N) is 2. The minimum Gasteiger partial charge on any atom is -0.478 e. The maximum Gasteiger partial charge on any atom is 0.339 e. The summed E-state index contributed by atoms with van der Waals surface area (Å²) in [7, 11) is 0. The molecular weight excluding hydrogens is 264 g/mol. The molecule has 0 saturated heterocycles. The second-order valence-electron chi connectivity index (χ2n) is 6.62. The molecule has 0 aliphatic rings. The molecule has 4 nitrogen and oxygen atoms in total. The third-order valence-corrected chi connectivity index (χ3v) is 3.56. The molecule has 1 N–H and O–H groups in total. The van der Waals surface area contributed by atoms with Crippen molar-refractivity contribution in [2.45, 2.75) is 47.0 Å². The molecule has 112 valence electrons. The van der Waals surface area contributed by atoms with Crippen molar-refractivity contribution < 1.29 is 9.90 Å². The summed E-state index contributed by atoms with van der Waals surface area (Å²) >= 11 is 0. The van der Waals surface area contributed by atoms with Crippen LogP contribution in [-0.2, 0) is 5.41 Å². The van der Waals surface area contributed by atoms with Crippen LogP contribution in [0.4, 0.5) is 0 Å². The summed E-state index contributed by atoms with van der Waals surface area (Å²) in [5.74, 6) is -0.936. The zero-order valence-corrected chi connectivity index (χ0v) is 13.5. The van der Waals surface area contributed by atoms with Gasteiger partial charge in [0.05, 0.1) is 17.6 Å². The quantitative estimate of drug-likeness (QED) is 0.913. The van der Waals surface area contributed by atoms with Gasteiger partial charge in [-0.15, -0.1) is 0 Å². The Kier molecular flexibility index (Phi) is 3.66. The molecule has 0 atom stereocenters. The van der Waals surface area contributed by atoms with E-state index in [1.165, 1.54) is 11.8 Å². The fourth-order valence-corrected chi connectivity index (χ4v) is 2.90. The molecule has 0 spiro atoms. The van der Waals surface area contributed by atoms with Gasteiger partial charge in [0, 0.05) is 5.41 Å². The number of rotatable bonds is 2. The Balaban J connectivity index is 2.80. The highest BCUT2D eigenvalue weighted by Gasteiger charge is 2.28. The van der Waals surface area contributed by atoms with Crippen molar-refractivity contribution in [2.24, 2.45) is 0 Å².